The number of halogens is 2. The van der Waals surface area contributed by atoms with E-state index < -0.39 is 30.4 Å². The first-order valence-electron chi connectivity index (χ1n) is 4.36. The summed E-state index contributed by atoms with van der Waals surface area (Å²) in [5, 5.41) is 8.60. The third kappa shape index (κ3) is 2.50. The van der Waals surface area contributed by atoms with E-state index in [9.17, 15) is 13.6 Å². The molecule has 0 spiro atoms. The normalized spacial score (nSPS) is 14.6. The van der Waals surface area contributed by atoms with Crippen LogP contribution in [0.4, 0.5) is 8.78 Å². The number of rotatable bonds is 4. The van der Waals surface area contributed by atoms with E-state index in [2.05, 4.69) is 0 Å². The lowest BCUT2D eigenvalue weighted by Crippen LogP contribution is -2.31. The number of hydrogen-bond donors (Lipinski definition) is 2. The van der Waals surface area contributed by atoms with Gasteiger partial charge in [0.2, 0.25) is 5.91 Å². The van der Waals surface area contributed by atoms with E-state index in [4.69, 9.17) is 10.8 Å². The van der Waals surface area contributed by atoms with Gasteiger partial charge in [0.05, 0.1) is 12.5 Å². The van der Waals surface area contributed by atoms with E-state index in [0.717, 1.165) is 6.07 Å². The van der Waals surface area contributed by atoms with Crippen LogP contribution in [0.1, 0.15) is 11.5 Å². The summed E-state index contributed by atoms with van der Waals surface area (Å²) in [7, 11) is 0. The Balaban J connectivity index is 3.10. The largest absolute Gasteiger partial charge is 0.393 e. The maximum atomic E-state index is 13.2. The average molecular weight is 215 g/mol. The molecule has 0 radical (unpaired) electrons. The molecule has 2 atom stereocenters. The molecule has 1 amide bonds. The van der Waals surface area contributed by atoms with E-state index in [0.29, 0.717) is 0 Å². The van der Waals surface area contributed by atoms with Crippen molar-refractivity contribution in [2.75, 3.05) is 6.61 Å². The average Bonchev–Trinajstić information content (AvgIpc) is 2.20. The van der Waals surface area contributed by atoms with Crippen LogP contribution >= 0.6 is 0 Å². The zero-order chi connectivity index (χ0) is 11.4. The van der Waals surface area contributed by atoms with Crippen molar-refractivity contribution in [2.24, 2.45) is 5.73 Å². The van der Waals surface area contributed by atoms with Crippen LogP contribution in [-0.2, 0) is 4.79 Å². The van der Waals surface area contributed by atoms with Crippen molar-refractivity contribution in [3.05, 3.63) is 35.6 Å². The molecule has 5 heteroatoms. The van der Waals surface area contributed by atoms with Crippen molar-refractivity contribution in [1.29, 1.82) is 0 Å². The molecule has 0 saturated carbocycles. The first kappa shape index (κ1) is 11.6. The molecule has 15 heavy (non-hydrogen) atoms. The second-order valence-corrected chi connectivity index (χ2v) is 3.10. The maximum Gasteiger partial charge on any atom is 0.228 e. The molecule has 1 rings (SSSR count). The molecular weight excluding hydrogens is 204 g/mol. The number of primary amides is 1. The highest BCUT2D eigenvalue weighted by Gasteiger charge is 2.29. The fraction of sp³-hybridized carbons (Fsp3) is 0.300. The highest BCUT2D eigenvalue weighted by atomic mass is 19.1. The van der Waals surface area contributed by atoms with E-state index >= 15 is 0 Å². The SMILES string of the molecule is NC(=O)C(c1ccccc1F)[C@@H](F)CO. The van der Waals surface area contributed by atoms with Gasteiger partial charge in [0, 0.05) is 5.56 Å². The van der Waals surface area contributed by atoms with Crippen molar-refractivity contribution in [1.82, 2.24) is 0 Å². The number of hydrogen-bond acceptors (Lipinski definition) is 2. The Morgan fingerprint density at radius 3 is 2.53 bits per heavy atom. The number of carbonyl (C=O) groups is 1. The highest BCUT2D eigenvalue weighted by molar-refractivity contribution is 5.82. The van der Waals surface area contributed by atoms with Crippen LogP contribution in [0.2, 0.25) is 0 Å². The van der Waals surface area contributed by atoms with Gasteiger partial charge in [-0.1, -0.05) is 18.2 Å². The summed E-state index contributed by atoms with van der Waals surface area (Å²) >= 11 is 0. The molecule has 0 aromatic heterocycles. The number of carbonyl (C=O) groups excluding carboxylic acids is 1. The second kappa shape index (κ2) is 4.84. The Kier molecular flexibility index (Phi) is 3.74. The zero-order valence-corrected chi connectivity index (χ0v) is 7.86. The summed E-state index contributed by atoms with van der Waals surface area (Å²) in [6.45, 7) is -0.873. The van der Waals surface area contributed by atoms with Gasteiger partial charge in [-0.05, 0) is 6.07 Å². The molecule has 0 heterocycles. The Hall–Kier alpha value is -1.49. The van der Waals surface area contributed by atoms with Crippen molar-refractivity contribution >= 4 is 5.91 Å². The van der Waals surface area contributed by atoms with Crippen molar-refractivity contribution in [2.45, 2.75) is 12.1 Å². The number of aliphatic hydroxyl groups is 1. The van der Waals surface area contributed by atoms with Crippen LogP contribution in [0.15, 0.2) is 24.3 Å². The molecule has 1 aromatic carbocycles. The number of benzene rings is 1. The van der Waals surface area contributed by atoms with Gasteiger partial charge in [-0.3, -0.25) is 4.79 Å². The van der Waals surface area contributed by atoms with Crippen molar-refractivity contribution in [3.8, 4) is 0 Å². The number of aliphatic hydroxyl groups excluding tert-OH is 1. The molecule has 0 aliphatic heterocycles. The molecule has 3 nitrogen and oxygen atoms in total. The Morgan fingerprint density at radius 2 is 2.07 bits per heavy atom. The van der Waals surface area contributed by atoms with Gasteiger partial charge in [0.25, 0.3) is 0 Å². The monoisotopic (exact) mass is 215 g/mol. The van der Waals surface area contributed by atoms with Gasteiger partial charge >= 0.3 is 0 Å². The van der Waals surface area contributed by atoms with E-state index in [1.54, 1.807) is 0 Å². The Bertz CT molecular complexity index is 357. The minimum Gasteiger partial charge on any atom is -0.393 e. The van der Waals surface area contributed by atoms with Crippen LogP contribution in [0.25, 0.3) is 0 Å². The molecule has 1 unspecified atom stereocenters. The van der Waals surface area contributed by atoms with Crippen LogP contribution in [-0.4, -0.2) is 23.8 Å². The minimum atomic E-state index is -1.89. The Morgan fingerprint density at radius 1 is 1.47 bits per heavy atom. The quantitative estimate of drug-likeness (QED) is 0.777. The first-order chi connectivity index (χ1) is 7.07. The van der Waals surface area contributed by atoms with E-state index in [-0.39, 0.29) is 5.56 Å². The van der Waals surface area contributed by atoms with Crippen LogP contribution < -0.4 is 5.73 Å². The van der Waals surface area contributed by atoms with Crippen molar-refractivity contribution < 1.29 is 18.7 Å². The van der Waals surface area contributed by atoms with Gasteiger partial charge in [0.15, 0.2) is 0 Å². The van der Waals surface area contributed by atoms with Gasteiger partial charge in [-0.15, -0.1) is 0 Å². The standard InChI is InChI=1S/C10H11F2NO2/c11-7-4-2-1-3-6(7)9(10(13)15)8(12)5-14/h1-4,8-9,14H,5H2,(H2,13,15)/t8-,9?/m0/s1. The molecule has 0 aliphatic carbocycles. The summed E-state index contributed by atoms with van der Waals surface area (Å²) in [4.78, 5) is 11.0. The third-order valence-corrected chi connectivity index (χ3v) is 2.08. The predicted molar refractivity (Wildman–Crippen MR) is 50.3 cm³/mol. The molecule has 3 N–H and O–H groups in total. The lowest BCUT2D eigenvalue weighted by Gasteiger charge is -2.16. The number of nitrogens with two attached hydrogens (primary N) is 1. The number of alkyl halides is 1. The first-order valence-corrected chi connectivity index (χ1v) is 4.36. The molecule has 0 fully saturated rings. The minimum absolute atomic E-state index is 0.133. The topological polar surface area (TPSA) is 63.3 Å². The molecule has 1 aromatic rings. The molecule has 0 saturated heterocycles. The van der Waals surface area contributed by atoms with Gasteiger partial charge in [-0.25, -0.2) is 8.78 Å². The molecule has 82 valence electrons. The van der Waals surface area contributed by atoms with Crippen LogP contribution in [0, 0.1) is 5.82 Å². The van der Waals surface area contributed by atoms with Crippen LogP contribution in [0.3, 0.4) is 0 Å². The smallest absolute Gasteiger partial charge is 0.228 e. The summed E-state index contributed by atoms with van der Waals surface area (Å²) in [5.74, 6) is -3.16. The summed E-state index contributed by atoms with van der Waals surface area (Å²) in [6, 6.07) is 5.27. The predicted octanol–water partition coefficient (Wildman–Crippen LogP) is 0.725. The van der Waals surface area contributed by atoms with E-state index in [1.165, 1.54) is 18.2 Å². The van der Waals surface area contributed by atoms with Gasteiger partial charge < -0.3 is 10.8 Å². The molecule has 0 bridgehead atoms. The third-order valence-electron chi connectivity index (χ3n) is 2.08. The molecule has 0 aliphatic rings. The van der Waals surface area contributed by atoms with Gasteiger partial charge in [0.1, 0.15) is 12.0 Å². The lowest BCUT2D eigenvalue weighted by atomic mass is 9.93. The van der Waals surface area contributed by atoms with Crippen molar-refractivity contribution in [3.63, 3.8) is 0 Å². The maximum absolute atomic E-state index is 13.2. The number of amides is 1. The lowest BCUT2D eigenvalue weighted by molar-refractivity contribution is -0.121. The Labute approximate surface area is 85.5 Å². The van der Waals surface area contributed by atoms with Crippen LogP contribution in [0.5, 0.6) is 0 Å². The van der Waals surface area contributed by atoms with E-state index in [1.807, 2.05) is 0 Å². The highest BCUT2D eigenvalue weighted by Crippen LogP contribution is 2.24. The second-order valence-electron chi connectivity index (χ2n) is 3.10. The fourth-order valence-corrected chi connectivity index (χ4v) is 1.36. The zero-order valence-electron chi connectivity index (χ0n) is 7.86. The van der Waals surface area contributed by atoms with Gasteiger partial charge in [-0.2, -0.15) is 0 Å². The summed E-state index contributed by atoms with van der Waals surface area (Å²) in [5.41, 5.74) is 4.82. The molecular formula is C10H11F2NO2. The summed E-state index contributed by atoms with van der Waals surface area (Å²) in [6.07, 6.45) is -1.89. The summed E-state index contributed by atoms with van der Waals surface area (Å²) < 4.78 is 26.4. The fourth-order valence-electron chi connectivity index (χ4n) is 1.36.